The number of hydrogen-bond acceptors (Lipinski definition) is 4. The monoisotopic (exact) mass is 381 g/mol. The molecule has 6 nitrogen and oxygen atoms in total. The van der Waals surface area contributed by atoms with E-state index in [1.807, 2.05) is 5.38 Å². The first-order valence-corrected chi connectivity index (χ1v) is 8.76. The number of nitrogens with zero attached hydrogens (tertiary/aromatic N) is 2. The van der Waals surface area contributed by atoms with E-state index in [9.17, 15) is 4.79 Å². The summed E-state index contributed by atoms with van der Waals surface area (Å²) in [5, 5.41) is 5.36. The highest BCUT2D eigenvalue weighted by atomic mass is 35.5. The average molecular weight is 382 g/mol. The van der Waals surface area contributed by atoms with Crippen molar-refractivity contribution in [3.8, 4) is 0 Å². The molecule has 25 heavy (non-hydrogen) atoms. The summed E-state index contributed by atoms with van der Waals surface area (Å²) in [6, 6.07) is 8.59. The zero-order valence-corrected chi connectivity index (χ0v) is 15.8. The van der Waals surface area contributed by atoms with Gasteiger partial charge in [0.25, 0.3) is 0 Å². The Morgan fingerprint density at radius 2 is 1.80 bits per heavy atom. The maximum Gasteiger partial charge on any atom is 0.223 e. The van der Waals surface area contributed by atoms with Gasteiger partial charge >= 0.3 is 0 Å². The van der Waals surface area contributed by atoms with Gasteiger partial charge in [0.15, 0.2) is 11.1 Å². The summed E-state index contributed by atoms with van der Waals surface area (Å²) in [5.74, 6) is 0.0559. The molecule has 0 bridgehead atoms. The minimum Gasteiger partial charge on any atom is -0.370 e. The molecule has 2 rings (SSSR count). The number of carbonyl (C=O) groups excluding carboxylic acids is 1. The molecule has 0 saturated carbocycles. The summed E-state index contributed by atoms with van der Waals surface area (Å²) in [6.07, 6.45) is 3.68. The lowest BCUT2D eigenvalue weighted by atomic mass is 10.0. The fourth-order valence-electron chi connectivity index (χ4n) is 2.27. The van der Waals surface area contributed by atoms with E-state index in [0.717, 1.165) is 31.4 Å². The Morgan fingerprint density at radius 1 is 1.16 bits per heavy atom. The van der Waals surface area contributed by atoms with Crippen LogP contribution in [-0.4, -0.2) is 23.4 Å². The third kappa shape index (κ3) is 8.00. The van der Waals surface area contributed by atoms with Crippen molar-refractivity contribution < 1.29 is 4.79 Å². The third-order valence-corrected chi connectivity index (χ3v) is 4.25. The lowest BCUT2D eigenvalue weighted by molar-refractivity contribution is -0.114. The summed E-state index contributed by atoms with van der Waals surface area (Å²) in [4.78, 5) is 19.4. The Labute approximate surface area is 158 Å². The molecule has 8 heteroatoms. The van der Waals surface area contributed by atoms with E-state index in [1.54, 1.807) is 0 Å². The van der Waals surface area contributed by atoms with Gasteiger partial charge in [0.05, 0.1) is 5.69 Å². The van der Waals surface area contributed by atoms with Crippen LogP contribution in [0.5, 0.6) is 0 Å². The first-order valence-electron chi connectivity index (χ1n) is 7.88. The van der Waals surface area contributed by atoms with Crippen LogP contribution in [0.15, 0.2) is 34.6 Å². The standard InChI is InChI=1S/C17H23N5OS.ClH/c1-12(23)21-17-22-15(11-24-17)9-8-14-6-4-13(5-7-14)3-2-10-20-16(18)19;/h4-7,11H,2-3,8-10H2,1H3,(H4,18,19,20)(H,21,22,23);1H. The molecule has 1 amide bonds. The minimum atomic E-state index is -0.0914. The molecule has 0 radical (unpaired) electrons. The quantitative estimate of drug-likeness (QED) is 0.371. The van der Waals surface area contributed by atoms with Crippen molar-refractivity contribution in [2.75, 3.05) is 11.9 Å². The van der Waals surface area contributed by atoms with Gasteiger partial charge in [0.2, 0.25) is 5.91 Å². The molecule has 0 fully saturated rings. The molecule has 0 aliphatic rings. The van der Waals surface area contributed by atoms with Crippen molar-refractivity contribution in [3.05, 3.63) is 46.5 Å². The number of benzene rings is 1. The van der Waals surface area contributed by atoms with Crippen LogP contribution >= 0.6 is 23.7 Å². The fraction of sp³-hybridized carbons (Fsp3) is 0.353. The number of rotatable bonds is 8. The second-order valence-corrected chi connectivity index (χ2v) is 6.41. The van der Waals surface area contributed by atoms with Crippen molar-refractivity contribution in [2.45, 2.75) is 32.6 Å². The molecule has 0 saturated heterocycles. The van der Waals surface area contributed by atoms with Gasteiger partial charge in [-0.25, -0.2) is 4.98 Å². The molecule has 2 aromatic rings. The van der Waals surface area contributed by atoms with Crippen LogP contribution in [0.2, 0.25) is 0 Å². The molecule has 0 spiro atoms. The van der Waals surface area contributed by atoms with Crippen LogP contribution in [0.25, 0.3) is 0 Å². The SMILES string of the molecule is CC(=O)Nc1nc(CCc2ccc(CCCN=C(N)N)cc2)cs1.Cl. The molecule has 1 heterocycles. The second-order valence-electron chi connectivity index (χ2n) is 5.55. The van der Waals surface area contributed by atoms with E-state index in [2.05, 4.69) is 39.6 Å². The van der Waals surface area contributed by atoms with Gasteiger partial charge in [0.1, 0.15) is 0 Å². The van der Waals surface area contributed by atoms with E-state index in [4.69, 9.17) is 11.5 Å². The maximum atomic E-state index is 11.0. The molecule has 0 aliphatic heterocycles. The zero-order chi connectivity index (χ0) is 17.4. The highest BCUT2D eigenvalue weighted by Gasteiger charge is 2.04. The number of aryl methyl sites for hydroxylation is 3. The average Bonchev–Trinajstić information content (AvgIpc) is 2.97. The number of guanidine groups is 1. The van der Waals surface area contributed by atoms with Crippen molar-refractivity contribution in [2.24, 2.45) is 16.5 Å². The number of anilines is 1. The first kappa shape index (κ1) is 20.9. The Morgan fingerprint density at radius 3 is 2.40 bits per heavy atom. The zero-order valence-electron chi connectivity index (χ0n) is 14.2. The van der Waals surface area contributed by atoms with E-state index >= 15 is 0 Å². The van der Waals surface area contributed by atoms with Crippen molar-refractivity contribution in [1.29, 1.82) is 0 Å². The Balaban J connectivity index is 0.00000312. The van der Waals surface area contributed by atoms with Gasteiger partial charge < -0.3 is 16.8 Å². The minimum absolute atomic E-state index is 0. The Hall–Kier alpha value is -2.12. The maximum absolute atomic E-state index is 11.0. The molecule has 0 aliphatic carbocycles. The second kappa shape index (κ2) is 10.7. The highest BCUT2D eigenvalue weighted by Crippen LogP contribution is 2.17. The summed E-state index contributed by atoms with van der Waals surface area (Å²) in [5.41, 5.74) is 14.2. The Bertz CT molecular complexity index is 695. The number of halogens is 1. The molecule has 0 unspecified atom stereocenters. The van der Waals surface area contributed by atoms with Crippen molar-refractivity contribution in [3.63, 3.8) is 0 Å². The Kier molecular flexibility index (Phi) is 8.94. The van der Waals surface area contributed by atoms with Gasteiger partial charge in [-0.3, -0.25) is 9.79 Å². The van der Waals surface area contributed by atoms with Gasteiger partial charge in [-0.1, -0.05) is 24.3 Å². The number of hydrogen-bond donors (Lipinski definition) is 3. The molecule has 136 valence electrons. The summed E-state index contributed by atoms with van der Waals surface area (Å²) in [7, 11) is 0. The van der Waals surface area contributed by atoms with Gasteiger partial charge in [0, 0.05) is 18.8 Å². The molecule has 1 aromatic heterocycles. The smallest absolute Gasteiger partial charge is 0.223 e. The summed E-state index contributed by atoms with van der Waals surface area (Å²) in [6.45, 7) is 2.14. The van der Waals surface area contributed by atoms with Crippen molar-refractivity contribution >= 4 is 40.7 Å². The number of carbonyl (C=O) groups is 1. The van der Waals surface area contributed by atoms with Crippen LogP contribution in [0.3, 0.4) is 0 Å². The number of aliphatic imine (C=N–C) groups is 1. The van der Waals surface area contributed by atoms with Crippen LogP contribution in [0.4, 0.5) is 5.13 Å². The number of thiazole rings is 1. The van der Waals surface area contributed by atoms with Gasteiger partial charge in [-0.15, -0.1) is 23.7 Å². The highest BCUT2D eigenvalue weighted by molar-refractivity contribution is 7.13. The number of amides is 1. The van der Waals surface area contributed by atoms with Crippen LogP contribution in [0.1, 0.15) is 30.2 Å². The topological polar surface area (TPSA) is 106 Å². The predicted molar refractivity (Wildman–Crippen MR) is 107 cm³/mol. The van der Waals surface area contributed by atoms with Crippen molar-refractivity contribution in [1.82, 2.24) is 4.98 Å². The molecule has 1 aromatic carbocycles. The number of nitrogens with two attached hydrogens (primary N) is 2. The summed E-state index contributed by atoms with van der Waals surface area (Å²) >= 11 is 1.46. The lowest BCUT2D eigenvalue weighted by Gasteiger charge is -2.03. The lowest BCUT2D eigenvalue weighted by Crippen LogP contribution is -2.23. The van der Waals surface area contributed by atoms with Crippen LogP contribution in [0, 0.1) is 0 Å². The number of nitrogens with one attached hydrogen (secondary N) is 1. The van der Waals surface area contributed by atoms with Gasteiger partial charge in [-0.2, -0.15) is 0 Å². The van der Waals surface area contributed by atoms with E-state index in [0.29, 0.717) is 11.7 Å². The molecule has 5 N–H and O–H groups in total. The third-order valence-electron chi connectivity index (χ3n) is 3.45. The van der Waals surface area contributed by atoms with E-state index < -0.39 is 0 Å². The van der Waals surface area contributed by atoms with Crippen LogP contribution < -0.4 is 16.8 Å². The van der Waals surface area contributed by atoms with E-state index in [-0.39, 0.29) is 24.3 Å². The van der Waals surface area contributed by atoms with Gasteiger partial charge in [-0.05, 0) is 36.8 Å². The van der Waals surface area contributed by atoms with Crippen LogP contribution in [-0.2, 0) is 24.1 Å². The number of aromatic nitrogens is 1. The predicted octanol–water partition coefficient (Wildman–Crippen LogP) is 2.51. The first-order chi connectivity index (χ1) is 11.5. The molecule has 0 atom stereocenters. The fourth-order valence-corrected chi connectivity index (χ4v) is 3.06. The summed E-state index contributed by atoms with van der Waals surface area (Å²) < 4.78 is 0. The molecular weight excluding hydrogens is 358 g/mol. The normalized spacial score (nSPS) is 9.96. The van der Waals surface area contributed by atoms with E-state index in [1.165, 1.54) is 29.4 Å². The molecular formula is C17H24ClN5OS. The largest absolute Gasteiger partial charge is 0.370 e.